The van der Waals surface area contributed by atoms with Gasteiger partial charge in [-0.3, -0.25) is 5.84 Å². The van der Waals surface area contributed by atoms with E-state index >= 15 is 0 Å². The van der Waals surface area contributed by atoms with Gasteiger partial charge in [-0.1, -0.05) is 5.16 Å². The molecular weight excluding hydrogens is 246 g/mol. The van der Waals surface area contributed by atoms with Crippen LogP contribution in [0.15, 0.2) is 22.7 Å². The first-order valence-corrected chi connectivity index (χ1v) is 4.96. The van der Waals surface area contributed by atoms with Crippen LogP contribution < -0.4 is 16.0 Å². The van der Waals surface area contributed by atoms with Crippen molar-refractivity contribution in [3.05, 3.63) is 24.1 Å². The third-order valence-corrected chi connectivity index (χ3v) is 2.13. The van der Waals surface area contributed by atoms with Gasteiger partial charge in [0.15, 0.2) is 0 Å². The van der Waals surface area contributed by atoms with Crippen LogP contribution in [0, 0.1) is 6.92 Å². The van der Waals surface area contributed by atoms with Crippen LogP contribution in [-0.2, 0) is 0 Å². The molecule has 0 unspecified atom stereocenters. The average Bonchev–Trinajstić information content (AvgIpc) is 2.75. The van der Waals surface area contributed by atoms with Crippen LogP contribution in [0.25, 0.3) is 11.4 Å². The lowest BCUT2D eigenvalue weighted by Gasteiger charge is -2.09. The molecule has 1 aromatic heterocycles. The fourth-order valence-corrected chi connectivity index (χ4v) is 1.40. The van der Waals surface area contributed by atoms with Crippen molar-refractivity contribution in [2.45, 2.75) is 13.5 Å². The number of benzene rings is 1. The van der Waals surface area contributed by atoms with Gasteiger partial charge < -0.3 is 14.7 Å². The highest BCUT2D eigenvalue weighted by atomic mass is 19.3. The van der Waals surface area contributed by atoms with Gasteiger partial charge in [0.1, 0.15) is 5.75 Å². The predicted molar refractivity (Wildman–Crippen MR) is 58.9 cm³/mol. The fraction of sp³-hybridized carbons (Fsp3) is 0.200. The summed E-state index contributed by atoms with van der Waals surface area (Å²) in [6.07, 6.45) is 0. The molecule has 2 aromatic rings. The van der Waals surface area contributed by atoms with Gasteiger partial charge in [0.2, 0.25) is 11.7 Å². The number of aromatic nitrogens is 2. The number of nitrogen functional groups attached to an aromatic ring is 1. The molecule has 1 aromatic carbocycles. The van der Waals surface area contributed by atoms with E-state index in [-0.39, 0.29) is 17.1 Å². The maximum Gasteiger partial charge on any atom is 0.387 e. The summed E-state index contributed by atoms with van der Waals surface area (Å²) in [4.78, 5) is 3.95. The molecule has 0 atom stereocenters. The molecule has 0 amide bonds. The predicted octanol–water partition coefficient (Wildman–Crippen LogP) is 1.93. The largest absolute Gasteiger partial charge is 0.434 e. The second-order valence-electron chi connectivity index (χ2n) is 3.37. The number of ether oxygens (including phenoxy) is 1. The summed E-state index contributed by atoms with van der Waals surface area (Å²) in [5.74, 6) is 5.67. The summed E-state index contributed by atoms with van der Waals surface area (Å²) in [5, 5.41) is 3.65. The first-order chi connectivity index (χ1) is 8.60. The van der Waals surface area contributed by atoms with Crippen LogP contribution >= 0.6 is 0 Å². The number of hydrogen-bond donors (Lipinski definition) is 2. The Labute approximate surface area is 101 Å². The Morgan fingerprint density at radius 2 is 2.22 bits per heavy atom. The Morgan fingerprint density at radius 3 is 2.78 bits per heavy atom. The highest BCUT2D eigenvalue weighted by Gasteiger charge is 2.16. The van der Waals surface area contributed by atoms with Crippen molar-refractivity contribution >= 4 is 5.69 Å². The smallest absolute Gasteiger partial charge is 0.387 e. The number of hydrazine groups is 1. The minimum atomic E-state index is -2.94. The summed E-state index contributed by atoms with van der Waals surface area (Å²) in [5.41, 5.74) is 3.17. The maximum atomic E-state index is 12.3. The number of nitrogens with one attached hydrogen (secondary N) is 1. The van der Waals surface area contributed by atoms with Crippen LogP contribution in [-0.4, -0.2) is 16.8 Å². The standard InChI is InChI=1S/C10H10F2N4O2/c1-5-14-9(16-18-5)7-4-6(15-13)2-3-8(7)17-10(11)12/h2-4,10,15H,13H2,1H3. The molecule has 0 saturated carbocycles. The van der Waals surface area contributed by atoms with Crippen molar-refractivity contribution in [1.82, 2.24) is 10.1 Å². The van der Waals surface area contributed by atoms with Crippen LogP contribution in [0.4, 0.5) is 14.5 Å². The lowest BCUT2D eigenvalue weighted by atomic mass is 10.1. The number of nitrogens with zero attached hydrogens (tertiary/aromatic N) is 2. The average molecular weight is 256 g/mol. The van der Waals surface area contributed by atoms with E-state index in [1.807, 2.05) is 0 Å². The number of halogens is 2. The SMILES string of the molecule is Cc1nc(-c2cc(NN)ccc2OC(F)F)no1. The topological polar surface area (TPSA) is 86.2 Å². The third-order valence-electron chi connectivity index (χ3n) is 2.13. The van der Waals surface area contributed by atoms with Gasteiger partial charge in [0, 0.05) is 12.6 Å². The second-order valence-corrected chi connectivity index (χ2v) is 3.37. The van der Waals surface area contributed by atoms with Gasteiger partial charge in [-0.2, -0.15) is 13.8 Å². The van der Waals surface area contributed by atoms with Crippen molar-refractivity contribution in [3.63, 3.8) is 0 Å². The minimum absolute atomic E-state index is 0.0511. The van der Waals surface area contributed by atoms with E-state index < -0.39 is 6.61 Å². The van der Waals surface area contributed by atoms with E-state index in [0.717, 1.165) is 0 Å². The van der Waals surface area contributed by atoms with Gasteiger partial charge >= 0.3 is 6.61 Å². The van der Waals surface area contributed by atoms with Gasteiger partial charge in [0.05, 0.1) is 5.56 Å². The van der Waals surface area contributed by atoms with E-state index in [2.05, 4.69) is 20.3 Å². The Balaban J connectivity index is 2.47. The normalized spacial score (nSPS) is 10.7. The summed E-state index contributed by atoms with van der Waals surface area (Å²) >= 11 is 0. The number of nitrogens with two attached hydrogens (primary N) is 1. The molecule has 0 aliphatic heterocycles. The van der Waals surface area contributed by atoms with Crippen molar-refractivity contribution in [1.29, 1.82) is 0 Å². The fourth-order valence-electron chi connectivity index (χ4n) is 1.40. The molecule has 0 radical (unpaired) electrons. The third kappa shape index (κ3) is 2.54. The Hall–Kier alpha value is -2.22. The van der Waals surface area contributed by atoms with Crippen LogP contribution in [0.3, 0.4) is 0 Å². The van der Waals surface area contributed by atoms with Gasteiger partial charge in [0.25, 0.3) is 0 Å². The monoisotopic (exact) mass is 256 g/mol. The van der Waals surface area contributed by atoms with Crippen LogP contribution in [0.1, 0.15) is 5.89 Å². The first kappa shape index (κ1) is 12.2. The molecule has 3 N–H and O–H groups in total. The summed E-state index contributed by atoms with van der Waals surface area (Å²) in [6, 6.07) is 4.33. The summed E-state index contributed by atoms with van der Waals surface area (Å²) in [6.45, 7) is -1.34. The van der Waals surface area contributed by atoms with E-state index in [9.17, 15) is 8.78 Å². The van der Waals surface area contributed by atoms with Crippen LogP contribution in [0.5, 0.6) is 5.75 Å². The molecule has 1 heterocycles. The van der Waals surface area contributed by atoms with Crippen molar-refractivity contribution in [3.8, 4) is 17.1 Å². The van der Waals surface area contributed by atoms with Crippen molar-refractivity contribution in [2.24, 2.45) is 5.84 Å². The summed E-state index contributed by atoms with van der Waals surface area (Å²) < 4.78 is 33.7. The molecule has 2 rings (SSSR count). The summed E-state index contributed by atoms with van der Waals surface area (Å²) in [7, 11) is 0. The second kappa shape index (κ2) is 4.96. The Morgan fingerprint density at radius 1 is 1.44 bits per heavy atom. The highest BCUT2D eigenvalue weighted by Crippen LogP contribution is 2.31. The molecule has 0 fully saturated rings. The molecule has 0 aliphatic rings. The molecule has 0 aliphatic carbocycles. The molecule has 0 bridgehead atoms. The van der Waals surface area contributed by atoms with Gasteiger partial charge in [-0.05, 0) is 18.2 Å². The van der Waals surface area contributed by atoms with Crippen molar-refractivity contribution in [2.75, 3.05) is 5.43 Å². The van der Waals surface area contributed by atoms with Crippen LogP contribution in [0.2, 0.25) is 0 Å². The zero-order valence-corrected chi connectivity index (χ0v) is 9.35. The van der Waals surface area contributed by atoms with Gasteiger partial charge in [-0.15, -0.1) is 0 Å². The number of rotatable bonds is 4. The lowest BCUT2D eigenvalue weighted by Crippen LogP contribution is -2.08. The Kier molecular flexibility index (Phi) is 3.38. The van der Waals surface area contributed by atoms with E-state index in [1.165, 1.54) is 18.2 Å². The molecular formula is C10H10F2N4O2. The maximum absolute atomic E-state index is 12.3. The number of aryl methyl sites for hydroxylation is 1. The number of hydrogen-bond acceptors (Lipinski definition) is 6. The number of anilines is 1. The first-order valence-electron chi connectivity index (χ1n) is 4.96. The molecule has 18 heavy (non-hydrogen) atoms. The van der Waals surface area contributed by atoms with E-state index in [1.54, 1.807) is 6.92 Å². The quantitative estimate of drug-likeness (QED) is 0.642. The van der Waals surface area contributed by atoms with E-state index in [0.29, 0.717) is 11.6 Å². The van der Waals surface area contributed by atoms with Crippen molar-refractivity contribution < 1.29 is 18.0 Å². The zero-order chi connectivity index (χ0) is 13.1. The molecule has 0 spiro atoms. The van der Waals surface area contributed by atoms with Gasteiger partial charge in [-0.25, -0.2) is 0 Å². The molecule has 8 heteroatoms. The number of alkyl halides is 2. The molecule has 96 valence electrons. The zero-order valence-electron chi connectivity index (χ0n) is 9.35. The Bertz CT molecular complexity index is 544. The highest BCUT2D eigenvalue weighted by molar-refractivity contribution is 5.69. The lowest BCUT2D eigenvalue weighted by molar-refractivity contribution is -0.0494. The van der Waals surface area contributed by atoms with E-state index in [4.69, 9.17) is 10.4 Å². The molecule has 6 nitrogen and oxygen atoms in total. The molecule has 0 saturated heterocycles. The minimum Gasteiger partial charge on any atom is -0.434 e.